The zero-order chi connectivity index (χ0) is 19.9. The van der Waals surface area contributed by atoms with Crippen LogP contribution < -0.4 is 5.32 Å². The molecule has 1 N–H and O–H groups in total. The van der Waals surface area contributed by atoms with Gasteiger partial charge < -0.3 is 10.1 Å². The molecule has 3 aromatic rings. The lowest BCUT2D eigenvalue weighted by atomic mass is 10.2. The van der Waals surface area contributed by atoms with E-state index in [1.54, 1.807) is 42.5 Å². The van der Waals surface area contributed by atoms with Gasteiger partial charge in [0.15, 0.2) is 13.2 Å². The summed E-state index contributed by atoms with van der Waals surface area (Å²) in [5.41, 5.74) is 1.54. The molecule has 0 radical (unpaired) electrons. The average Bonchev–Trinajstić information content (AvgIpc) is 3.15. The minimum Gasteiger partial charge on any atom is -0.454 e. The molecule has 0 saturated carbocycles. The zero-order valence-corrected chi connectivity index (χ0v) is 15.1. The van der Waals surface area contributed by atoms with Gasteiger partial charge in [0.05, 0.1) is 11.6 Å². The van der Waals surface area contributed by atoms with Crippen LogP contribution in [0.5, 0.6) is 0 Å². The lowest BCUT2D eigenvalue weighted by Crippen LogP contribution is -2.23. The van der Waals surface area contributed by atoms with E-state index in [-0.39, 0.29) is 6.54 Å². The van der Waals surface area contributed by atoms with Gasteiger partial charge in [-0.1, -0.05) is 17.7 Å². The minimum absolute atomic E-state index is 0.294. The molecule has 10 heteroatoms. The number of hydrogen-bond acceptors (Lipinski definition) is 7. The van der Waals surface area contributed by atoms with Crippen molar-refractivity contribution in [3.8, 4) is 17.5 Å². The van der Waals surface area contributed by atoms with E-state index < -0.39 is 18.5 Å². The molecule has 0 saturated heterocycles. The first-order chi connectivity index (χ1) is 13.5. The highest BCUT2D eigenvalue weighted by atomic mass is 35.5. The molecule has 3 rings (SSSR count). The van der Waals surface area contributed by atoms with Crippen molar-refractivity contribution in [2.24, 2.45) is 0 Å². The highest BCUT2D eigenvalue weighted by Gasteiger charge is 2.12. The maximum absolute atomic E-state index is 11.9. The molecule has 28 heavy (non-hydrogen) atoms. The standard InChI is InChI=1S/C18H13ClN6O3/c19-14-6-4-13(5-7-14)18-22-24-25(23-18)10-17(27)28-11-16(26)21-15-3-1-2-12(8-15)9-20/h1-8H,10-11H2,(H,21,26). The van der Waals surface area contributed by atoms with Crippen LogP contribution in [0.4, 0.5) is 5.69 Å². The number of nitriles is 1. The number of rotatable bonds is 6. The van der Waals surface area contributed by atoms with E-state index in [2.05, 4.69) is 20.7 Å². The Morgan fingerprint density at radius 1 is 1.21 bits per heavy atom. The predicted molar refractivity (Wildman–Crippen MR) is 99.0 cm³/mol. The predicted octanol–water partition coefficient (Wildman–Crippen LogP) is 2.05. The molecule has 9 nitrogen and oxygen atoms in total. The Hall–Kier alpha value is -3.77. The molecule has 0 aliphatic carbocycles. The second-order valence-corrected chi connectivity index (χ2v) is 5.99. The van der Waals surface area contributed by atoms with Crippen LogP contribution in [0.15, 0.2) is 48.5 Å². The number of halogens is 1. The molecule has 140 valence electrons. The van der Waals surface area contributed by atoms with Crippen molar-refractivity contribution in [3.63, 3.8) is 0 Å². The number of tetrazole rings is 1. The Balaban J connectivity index is 1.49. The normalized spacial score (nSPS) is 10.1. The van der Waals surface area contributed by atoms with E-state index in [1.165, 1.54) is 6.07 Å². The summed E-state index contributed by atoms with van der Waals surface area (Å²) in [5.74, 6) is -0.891. The van der Waals surface area contributed by atoms with Crippen LogP contribution in [0.2, 0.25) is 5.02 Å². The van der Waals surface area contributed by atoms with Gasteiger partial charge in [-0.15, -0.1) is 10.2 Å². The van der Waals surface area contributed by atoms with Gasteiger partial charge in [0.2, 0.25) is 5.82 Å². The number of esters is 1. The van der Waals surface area contributed by atoms with E-state index in [0.717, 1.165) is 4.80 Å². The fourth-order valence-corrected chi connectivity index (χ4v) is 2.32. The zero-order valence-electron chi connectivity index (χ0n) is 14.4. The number of carbonyl (C=O) groups excluding carboxylic acids is 2. The lowest BCUT2D eigenvalue weighted by molar-refractivity contribution is -0.148. The van der Waals surface area contributed by atoms with E-state index in [9.17, 15) is 9.59 Å². The fourth-order valence-electron chi connectivity index (χ4n) is 2.20. The second-order valence-electron chi connectivity index (χ2n) is 5.55. The number of carbonyl (C=O) groups is 2. The molecule has 0 unspecified atom stereocenters. The number of anilines is 1. The Labute approximate surface area is 164 Å². The maximum atomic E-state index is 11.9. The number of hydrogen-bond donors (Lipinski definition) is 1. The number of aromatic nitrogens is 4. The first-order valence-electron chi connectivity index (χ1n) is 8.03. The number of benzene rings is 2. The lowest BCUT2D eigenvalue weighted by Gasteiger charge is -2.06. The Bertz CT molecular complexity index is 1040. The summed E-state index contributed by atoms with van der Waals surface area (Å²) in [6.45, 7) is -0.772. The molecule has 0 aliphatic rings. The first-order valence-corrected chi connectivity index (χ1v) is 8.40. The van der Waals surface area contributed by atoms with Gasteiger partial charge in [0.1, 0.15) is 0 Å². The van der Waals surface area contributed by atoms with Gasteiger partial charge in [0.25, 0.3) is 5.91 Å². The molecule has 0 bridgehead atoms. The van der Waals surface area contributed by atoms with Gasteiger partial charge >= 0.3 is 5.97 Å². The third-order valence-corrected chi connectivity index (χ3v) is 3.72. The van der Waals surface area contributed by atoms with Gasteiger partial charge in [-0.3, -0.25) is 4.79 Å². The summed E-state index contributed by atoms with van der Waals surface area (Å²) in [6, 6.07) is 15.2. The van der Waals surface area contributed by atoms with Crippen LogP contribution in [0, 0.1) is 11.3 Å². The molecular weight excluding hydrogens is 384 g/mol. The smallest absolute Gasteiger partial charge is 0.330 e. The molecule has 0 atom stereocenters. The Kier molecular flexibility index (Phi) is 5.94. The summed E-state index contributed by atoms with van der Waals surface area (Å²) in [6.07, 6.45) is 0. The van der Waals surface area contributed by atoms with Gasteiger partial charge in [-0.05, 0) is 47.7 Å². The van der Waals surface area contributed by atoms with Gasteiger partial charge in [-0.25, -0.2) is 4.79 Å². The summed E-state index contributed by atoms with van der Waals surface area (Å²) >= 11 is 5.83. The average molecular weight is 397 g/mol. The quantitative estimate of drug-likeness (QED) is 0.632. The van der Waals surface area contributed by atoms with Crippen molar-refractivity contribution in [3.05, 3.63) is 59.1 Å². The summed E-state index contributed by atoms with van der Waals surface area (Å²) in [5, 5.41) is 23.7. The number of ether oxygens (including phenoxy) is 1. The maximum Gasteiger partial charge on any atom is 0.330 e. The van der Waals surface area contributed by atoms with Crippen LogP contribution in [-0.2, 0) is 20.9 Å². The van der Waals surface area contributed by atoms with Crippen molar-refractivity contribution in [1.29, 1.82) is 5.26 Å². The van der Waals surface area contributed by atoms with E-state index >= 15 is 0 Å². The third kappa shape index (κ3) is 5.12. The van der Waals surface area contributed by atoms with Crippen molar-refractivity contribution < 1.29 is 14.3 Å². The van der Waals surface area contributed by atoms with E-state index in [1.807, 2.05) is 6.07 Å². The molecule has 1 heterocycles. The summed E-state index contributed by atoms with van der Waals surface area (Å²) in [4.78, 5) is 24.8. The SMILES string of the molecule is N#Cc1cccc(NC(=O)COC(=O)Cn2nnc(-c3ccc(Cl)cc3)n2)c1. The molecule has 0 fully saturated rings. The van der Waals surface area contributed by atoms with Crippen LogP contribution in [0.3, 0.4) is 0 Å². The Morgan fingerprint density at radius 3 is 2.75 bits per heavy atom. The van der Waals surface area contributed by atoms with E-state index in [4.69, 9.17) is 21.6 Å². The number of nitrogens with zero attached hydrogens (tertiary/aromatic N) is 5. The minimum atomic E-state index is -0.694. The van der Waals surface area contributed by atoms with Crippen LogP contribution in [0.25, 0.3) is 11.4 Å². The van der Waals surface area contributed by atoms with Crippen molar-refractivity contribution in [2.75, 3.05) is 11.9 Å². The van der Waals surface area contributed by atoms with E-state index in [0.29, 0.717) is 27.7 Å². The molecule has 2 aromatic carbocycles. The topological polar surface area (TPSA) is 123 Å². The number of nitrogens with one attached hydrogen (secondary N) is 1. The molecule has 0 aliphatic heterocycles. The monoisotopic (exact) mass is 396 g/mol. The Morgan fingerprint density at radius 2 is 2.00 bits per heavy atom. The number of amides is 1. The van der Waals surface area contributed by atoms with Crippen molar-refractivity contribution in [1.82, 2.24) is 20.2 Å². The molecule has 1 amide bonds. The van der Waals surface area contributed by atoms with Crippen LogP contribution in [0.1, 0.15) is 5.56 Å². The highest BCUT2D eigenvalue weighted by Crippen LogP contribution is 2.16. The third-order valence-electron chi connectivity index (χ3n) is 3.47. The fraction of sp³-hybridized carbons (Fsp3) is 0.111. The largest absolute Gasteiger partial charge is 0.454 e. The first kappa shape index (κ1) is 19.0. The van der Waals surface area contributed by atoms with Gasteiger partial charge in [-0.2, -0.15) is 10.1 Å². The van der Waals surface area contributed by atoms with Crippen LogP contribution in [-0.4, -0.2) is 38.7 Å². The second kappa shape index (κ2) is 8.75. The van der Waals surface area contributed by atoms with Crippen molar-refractivity contribution in [2.45, 2.75) is 6.54 Å². The molecular formula is C18H13ClN6O3. The van der Waals surface area contributed by atoms with Gasteiger partial charge in [0, 0.05) is 16.3 Å². The summed E-state index contributed by atoms with van der Waals surface area (Å²) in [7, 11) is 0. The molecule has 0 spiro atoms. The van der Waals surface area contributed by atoms with Crippen LogP contribution >= 0.6 is 11.6 Å². The summed E-state index contributed by atoms with van der Waals surface area (Å²) < 4.78 is 4.91. The molecule has 1 aromatic heterocycles. The van der Waals surface area contributed by atoms with Crippen molar-refractivity contribution >= 4 is 29.2 Å². The highest BCUT2D eigenvalue weighted by molar-refractivity contribution is 6.30.